The molecule has 0 fully saturated rings. The summed E-state index contributed by atoms with van der Waals surface area (Å²) in [6.07, 6.45) is 0.825. The smallest absolute Gasteiger partial charge is 0.294 e. The first kappa shape index (κ1) is 16.4. The van der Waals surface area contributed by atoms with Gasteiger partial charge in [0, 0.05) is 11.7 Å². The number of nitrogens with zero attached hydrogens (tertiary/aromatic N) is 1. The van der Waals surface area contributed by atoms with Gasteiger partial charge in [-0.2, -0.15) is 0 Å². The van der Waals surface area contributed by atoms with E-state index in [9.17, 15) is 9.18 Å². The maximum atomic E-state index is 13.6. The number of furan rings is 1. The Bertz CT molecular complexity index is 950. The number of halogens is 1. The van der Waals surface area contributed by atoms with Crippen LogP contribution in [0.25, 0.3) is 0 Å². The van der Waals surface area contributed by atoms with Gasteiger partial charge in [0.15, 0.2) is 17.3 Å². The van der Waals surface area contributed by atoms with Crippen molar-refractivity contribution in [1.29, 1.82) is 0 Å². The molecule has 4 rings (SSSR count). The standard InChI is InChI=1S/C21H18FNO3/c1-14-12-15-6-2-4-8-18(15)23(14)21(24)20-11-10-16(26-20)13-25-19-9-5-3-7-17(19)22/h2-11,14H,12-13H2,1H3/t14-/m1/s1. The van der Waals surface area contributed by atoms with Gasteiger partial charge in [-0.15, -0.1) is 0 Å². The van der Waals surface area contributed by atoms with Gasteiger partial charge in [0.1, 0.15) is 12.4 Å². The van der Waals surface area contributed by atoms with Gasteiger partial charge in [-0.25, -0.2) is 4.39 Å². The van der Waals surface area contributed by atoms with E-state index in [0.717, 1.165) is 17.7 Å². The van der Waals surface area contributed by atoms with Crippen LogP contribution in [0.1, 0.15) is 28.8 Å². The summed E-state index contributed by atoms with van der Waals surface area (Å²) in [5.41, 5.74) is 2.08. The fourth-order valence-electron chi connectivity index (χ4n) is 3.27. The fraction of sp³-hybridized carbons (Fsp3) is 0.190. The molecule has 4 nitrogen and oxygen atoms in total. The molecule has 2 heterocycles. The first-order valence-corrected chi connectivity index (χ1v) is 8.51. The van der Waals surface area contributed by atoms with E-state index in [4.69, 9.17) is 9.15 Å². The molecule has 2 aromatic carbocycles. The molecular weight excluding hydrogens is 333 g/mol. The predicted octanol–water partition coefficient (Wildman–Crippen LogP) is 4.59. The van der Waals surface area contributed by atoms with Crippen molar-refractivity contribution in [3.63, 3.8) is 0 Å². The summed E-state index contributed by atoms with van der Waals surface area (Å²) in [6, 6.07) is 17.4. The monoisotopic (exact) mass is 351 g/mol. The topological polar surface area (TPSA) is 42.7 Å². The highest BCUT2D eigenvalue weighted by Crippen LogP contribution is 2.33. The highest BCUT2D eigenvalue weighted by atomic mass is 19.1. The average molecular weight is 351 g/mol. The molecule has 3 aromatic rings. The summed E-state index contributed by atoms with van der Waals surface area (Å²) in [4.78, 5) is 14.7. The van der Waals surface area contributed by atoms with Gasteiger partial charge in [-0.3, -0.25) is 4.79 Å². The molecule has 0 spiro atoms. The Balaban J connectivity index is 1.49. The number of anilines is 1. The molecule has 1 aliphatic rings. The minimum Gasteiger partial charge on any atom is -0.483 e. The first-order chi connectivity index (χ1) is 12.6. The molecule has 0 saturated heterocycles. The number of rotatable bonds is 4. The third kappa shape index (κ3) is 2.96. The van der Waals surface area contributed by atoms with Crippen LogP contribution in [0.4, 0.5) is 10.1 Å². The number of fused-ring (bicyclic) bond motifs is 1. The molecule has 0 radical (unpaired) electrons. The largest absolute Gasteiger partial charge is 0.483 e. The molecule has 1 aromatic heterocycles. The molecule has 0 bridgehead atoms. The average Bonchev–Trinajstić information content (AvgIpc) is 3.24. The number of hydrogen-bond donors (Lipinski definition) is 0. The van der Waals surface area contributed by atoms with E-state index in [1.165, 1.54) is 6.07 Å². The molecule has 1 amide bonds. The minimum absolute atomic E-state index is 0.0559. The van der Waals surface area contributed by atoms with Crippen molar-refractivity contribution < 1.29 is 18.3 Å². The van der Waals surface area contributed by atoms with Crippen LogP contribution in [0.3, 0.4) is 0 Å². The second kappa shape index (κ2) is 6.67. The van der Waals surface area contributed by atoms with Crippen LogP contribution in [0.5, 0.6) is 5.75 Å². The van der Waals surface area contributed by atoms with Gasteiger partial charge in [0.25, 0.3) is 5.91 Å². The second-order valence-electron chi connectivity index (χ2n) is 6.34. The molecule has 0 saturated carbocycles. The Labute approximate surface area is 150 Å². The summed E-state index contributed by atoms with van der Waals surface area (Å²) >= 11 is 0. The molecule has 0 N–H and O–H groups in total. The van der Waals surface area contributed by atoms with Crippen molar-refractivity contribution in [3.05, 3.63) is 83.6 Å². The van der Waals surface area contributed by atoms with Crippen molar-refractivity contribution in [3.8, 4) is 5.75 Å². The quantitative estimate of drug-likeness (QED) is 0.690. The highest BCUT2D eigenvalue weighted by molar-refractivity contribution is 6.06. The number of carbonyl (C=O) groups is 1. The van der Waals surface area contributed by atoms with E-state index >= 15 is 0 Å². The Morgan fingerprint density at radius 2 is 1.92 bits per heavy atom. The summed E-state index contributed by atoms with van der Waals surface area (Å²) in [6.45, 7) is 2.07. The van der Waals surface area contributed by atoms with Crippen LogP contribution in [0.15, 0.2) is 65.1 Å². The third-order valence-electron chi connectivity index (χ3n) is 4.51. The van der Waals surface area contributed by atoms with E-state index in [1.807, 2.05) is 31.2 Å². The maximum Gasteiger partial charge on any atom is 0.294 e. The van der Waals surface area contributed by atoms with Crippen LogP contribution >= 0.6 is 0 Å². The zero-order valence-electron chi connectivity index (χ0n) is 14.3. The Morgan fingerprint density at radius 3 is 2.77 bits per heavy atom. The number of hydrogen-bond acceptors (Lipinski definition) is 3. The molecule has 0 aliphatic carbocycles. The number of amides is 1. The van der Waals surface area contributed by atoms with E-state index in [1.54, 1.807) is 35.2 Å². The van der Waals surface area contributed by atoms with Gasteiger partial charge >= 0.3 is 0 Å². The molecular formula is C21H18FNO3. The molecule has 26 heavy (non-hydrogen) atoms. The minimum atomic E-state index is -0.433. The van der Waals surface area contributed by atoms with E-state index in [2.05, 4.69) is 0 Å². The molecule has 1 aliphatic heterocycles. The molecule has 0 unspecified atom stereocenters. The van der Waals surface area contributed by atoms with E-state index < -0.39 is 5.82 Å². The normalized spacial score (nSPS) is 15.8. The number of para-hydroxylation sites is 2. The lowest BCUT2D eigenvalue weighted by atomic mass is 10.1. The van der Waals surface area contributed by atoms with Gasteiger partial charge in [0.05, 0.1) is 0 Å². The number of carbonyl (C=O) groups excluding carboxylic acids is 1. The molecule has 1 atom stereocenters. The Kier molecular flexibility index (Phi) is 4.21. The van der Waals surface area contributed by atoms with Crippen LogP contribution in [0, 0.1) is 5.82 Å². The predicted molar refractivity (Wildman–Crippen MR) is 95.9 cm³/mol. The van der Waals surface area contributed by atoms with Crippen molar-refractivity contribution in [2.24, 2.45) is 0 Å². The Hall–Kier alpha value is -3.08. The van der Waals surface area contributed by atoms with Crippen molar-refractivity contribution in [2.45, 2.75) is 26.0 Å². The lowest BCUT2D eigenvalue weighted by molar-refractivity contribution is 0.0950. The van der Waals surface area contributed by atoms with Crippen molar-refractivity contribution >= 4 is 11.6 Å². The van der Waals surface area contributed by atoms with Crippen LogP contribution < -0.4 is 9.64 Å². The zero-order valence-corrected chi connectivity index (χ0v) is 14.3. The summed E-state index contributed by atoms with van der Waals surface area (Å²) in [7, 11) is 0. The van der Waals surface area contributed by atoms with Crippen LogP contribution in [0.2, 0.25) is 0 Å². The summed E-state index contributed by atoms with van der Waals surface area (Å²) in [5, 5.41) is 0. The zero-order chi connectivity index (χ0) is 18.1. The number of benzene rings is 2. The summed E-state index contributed by atoms with van der Waals surface area (Å²) in [5.74, 6) is 0.258. The first-order valence-electron chi connectivity index (χ1n) is 8.51. The lowest BCUT2D eigenvalue weighted by Gasteiger charge is -2.21. The maximum absolute atomic E-state index is 13.6. The third-order valence-corrected chi connectivity index (χ3v) is 4.51. The van der Waals surface area contributed by atoms with Gasteiger partial charge in [-0.1, -0.05) is 30.3 Å². The van der Waals surface area contributed by atoms with Gasteiger partial charge < -0.3 is 14.1 Å². The SMILES string of the molecule is C[C@@H]1Cc2ccccc2N1C(=O)c1ccc(COc2ccccc2F)o1. The number of ether oxygens (including phenoxy) is 1. The van der Waals surface area contributed by atoms with Gasteiger partial charge in [-0.05, 0) is 49.2 Å². The second-order valence-corrected chi connectivity index (χ2v) is 6.34. The van der Waals surface area contributed by atoms with E-state index in [0.29, 0.717) is 5.76 Å². The molecule has 132 valence electrons. The highest BCUT2D eigenvalue weighted by Gasteiger charge is 2.32. The molecule has 5 heteroatoms. The fourth-order valence-corrected chi connectivity index (χ4v) is 3.27. The van der Waals surface area contributed by atoms with Crippen molar-refractivity contribution in [1.82, 2.24) is 0 Å². The summed E-state index contributed by atoms with van der Waals surface area (Å²) < 4.78 is 24.7. The Morgan fingerprint density at radius 1 is 1.15 bits per heavy atom. The van der Waals surface area contributed by atoms with Crippen LogP contribution in [-0.2, 0) is 13.0 Å². The van der Waals surface area contributed by atoms with Crippen molar-refractivity contribution in [2.75, 3.05) is 4.90 Å². The lowest BCUT2D eigenvalue weighted by Crippen LogP contribution is -2.35. The van der Waals surface area contributed by atoms with Gasteiger partial charge in [0.2, 0.25) is 0 Å². The van der Waals surface area contributed by atoms with Crippen LogP contribution in [-0.4, -0.2) is 11.9 Å². The van der Waals surface area contributed by atoms with E-state index in [-0.39, 0.29) is 30.1 Å².